The van der Waals surface area contributed by atoms with E-state index in [4.69, 9.17) is 4.74 Å². The van der Waals surface area contributed by atoms with Crippen molar-refractivity contribution >= 4 is 7.26 Å². The Labute approximate surface area is 110 Å². The van der Waals surface area contributed by atoms with Gasteiger partial charge in [-0.25, -0.2) is 0 Å². The zero-order valence-corrected chi connectivity index (χ0v) is 13.7. The molecular weight excluding hydrogens is 227 g/mol. The number of unbranched alkanes of at least 4 members (excludes halogenated alkanes) is 3. The minimum atomic E-state index is -1.00. The predicted octanol–water partition coefficient (Wildman–Crippen LogP) is 4.78. The number of hydrogen-bond acceptors (Lipinski definition) is 1. The van der Waals surface area contributed by atoms with E-state index in [-0.39, 0.29) is 0 Å². The molecule has 0 bridgehead atoms. The first-order valence-corrected chi connectivity index (χ1v) is 10.6. The van der Waals surface area contributed by atoms with Gasteiger partial charge in [0.05, 0.1) is 0 Å². The molecule has 0 aromatic carbocycles. The van der Waals surface area contributed by atoms with E-state index in [0.29, 0.717) is 0 Å². The normalized spacial score (nSPS) is 12.9. The molecule has 0 aromatic rings. The van der Waals surface area contributed by atoms with Crippen LogP contribution in [0.1, 0.15) is 59.3 Å². The number of hydrogen-bond donors (Lipinski definition) is 0. The summed E-state index contributed by atoms with van der Waals surface area (Å²) in [5.74, 6) is 0. The predicted molar refractivity (Wildman–Crippen MR) is 84.4 cm³/mol. The summed E-state index contributed by atoms with van der Waals surface area (Å²) in [4.78, 5) is 0. The molecule has 0 aliphatic carbocycles. The molecule has 106 valence electrons. The van der Waals surface area contributed by atoms with Crippen LogP contribution in [-0.2, 0) is 4.74 Å². The molecule has 0 radical (unpaired) electrons. The van der Waals surface area contributed by atoms with Gasteiger partial charge in [-0.3, -0.25) is 0 Å². The van der Waals surface area contributed by atoms with E-state index >= 15 is 0 Å². The van der Waals surface area contributed by atoms with Gasteiger partial charge in [0, 0.05) is 0 Å². The van der Waals surface area contributed by atoms with E-state index < -0.39 is 7.26 Å². The second-order valence-corrected chi connectivity index (χ2v) is 10.6. The third kappa shape index (κ3) is 8.16. The molecule has 0 aromatic heterocycles. The third-order valence-electron chi connectivity index (χ3n) is 4.02. The Kier molecular flexibility index (Phi) is 11.7. The summed E-state index contributed by atoms with van der Waals surface area (Å²) in [6.07, 6.45) is 14.5. The molecule has 0 saturated heterocycles. The zero-order valence-electron chi connectivity index (χ0n) is 12.7. The number of ether oxygens (including phenoxy) is 1. The molecule has 2 heteroatoms. The van der Waals surface area contributed by atoms with Crippen molar-refractivity contribution in [2.45, 2.75) is 59.3 Å². The fourth-order valence-corrected chi connectivity index (χ4v) is 8.17. The van der Waals surface area contributed by atoms with Gasteiger partial charge in [0.1, 0.15) is 0 Å². The number of rotatable bonds is 12. The fraction of sp³-hybridized carbons (Fsp3) is 1.00. The van der Waals surface area contributed by atoms with Gasteiger partial charge in [-0.05, 0) is 0 Å². The van der Waals surface area contributed by atoms with Crippen LogP contribution in [0, 0.1) is 0 Å². The Morgan fingerprint density at radius 3 is 1.41 bits per heavy atom. The molecule has 0 atom stereocenters. The maximum absolute atomic E-state index is 5.37. The zero-order chi connectivity index (χ0) is 13.0. The van der Waals surface area contributed by atoms with E-state index in [1.165, 1.54) is 44.7 Å². The molecular formula is C15H35OP. The van der Waals surface area contributed by atoms with Gasteiger partial charge in [-0.15, -0.1) is 0 Å². The average molecular weight is 262 g/mol. The topological polar surface area (TPSA) is 9.23 Å². The molecule has 0 fully saturated rings. The van der Waals surface area contributed by atoms with Crippen LogP contribution in [0.3, 0.4) is 0 Å². The van der Waals surface area contributed by atoms with Gasteiger partial charge in [0.25, 0.3) is 0 Å². The van der Waals surface area contributed by atoms with Gasteiger partial charge >= 0.3 is 110 Å². The first-order chi connectivity index (χ1) is 8.24. The number of methoxy groups -OCH3 is 1. The van der Waals surface area contributed by atoms with Crippen molar-refractivity contribution in [1.29, 1.82) is 0 Å². The summed E-state index contributed by atoms with van der Waals surface area (Å²) in [5, 5.41) is 0. The molecule has 0 aliphatic heterocycles. The molecule has 0 aliphatic rings. The second-order valence-electron chi connectivity index (χ2n) is 5.55. The van der Waals surface area contributed by atoms with Crippen LogP contribution >= 0.6 is 7.26 Å². The van der Waals surface area contributed by atoms with E-state index in [1.54, 1.807) is 18.5 Å². The van der Waals surface area contributed by atoms with Crippen molar-refractivity contribution in [3.63, 3.8) is 0 Å². The Hall–Kier alpha value is 0.390. The molecule has 0 saturated carbocycles. The molecule has 0 unspecified atom stereocenters. The van der Waals surface area contributed by atoms with Crippen LogP contribution < -0.4 is 0 Å². The van der Waals surface area contributed by atoms with Crippen molar-refractivity contribution in [2.24, 2.45) is 0 Å². The van der Waals surface area contributed by atoms with E-state index in [2.05, 4.69) is 20.8 Å². The summed E-state index contributed by atoms with van der Waals surface area (Å²) >= 11 is 0. The molecule has 17 heavy (non-hydrogen) atoms. The fourth-order valence-electron chi connectivity index (χ4n) is 2.72. The quantitative estimate of drug-likeness (QED) is 0.460. The molecule has 0 heterocycles. The van der Waals surface area contributed by atoms with Crippen molar-refractivity contribution in [1.82, 2.24) is 0 Å². The first kappa shape index (κ1) is 17.4. The molecule has 0 amide bonds. The summed E-state index contributed by atoms with van der Waals surface area (Å²) < 4.78 is 5.37. The summed E-state index contributed by atoms with van der Waals surface area (Å²) in [5.41, 5.74) is 0. The summed E-state index contributed by atoms with van der Waals surface area (Å²) in [6, 6.07) is 0. The summed E-state index contributed by atoms with van der Waals surface area (Å²) in [7, 11) is 0.855. The van der Waals surface area contributed by atoms with E-state index in [0.717, 1.165) is 6.61 Å². The van der Waals surface area contributed by atoms with Crippen LogP contribution in [0.25, 0.3) is 0 Å². The monoisotopic (exact) mass is 262 g/mol. The Balaban J connectivity index is 4.39. The van der Waals surface area contributed by atoms with Crippen LogP contribution in [0.5, 0.6) is 0 Å². The van der Waals surface area contributed by atoms with Crippen LogP contribution in [0.15, 0.2) is 0 Å². The van der Waals surface area contributed by atoms with Crippen LogP contribution in [0.2, 0.25) is 0 Å². The van der Waals surface area contributed by atoms with Crippen molar-refractivity contribution in [3.8, 4) is 0 Å². The Morgan fingerprint density at radius 2 is 1.12 bits per heavy atom. The molecule has 1 nitrogen and oxygen atoms in total. The van der Waals surface area contributed by atoms with Gasteiger partial charge < -0.3 is 0 Å². The second kappa shape index (κ2) is 11.5. The van der Waals surface area contributed by atoms with Gasteiger partial charge in [-0.1, -0.05) is 0 Å². The van der Waals surface area contributed by atoms with Gasteiger partial charge in [-0.2, -0.15) is 0 Å². The average Bonchev–Trinajstić information content (AvgIpc) is 2.37. The third-order valence-corrected chi connectivity index (χ3v) is 9.53. The molecule has 0 rings (SSSR count). The minimum absolute atomic E-state index is 1.00. The van der Waals surface area contributed by atoms with E-state index in [1.807, 2.05) is 7.11 Å². The molecule has 0 spiro atoms. The molecule has 0 N–H and O–H groups in total. The van der Waals surface area contributed by atoms with Crippen molar-refractivity contribution in [3.05, 3.63) is 0 Å². The standard InChI is InChI=1S/C15H35OP/c1-5-8-12-17(13-9-6-2,14-10-7-3)15-11-16-4/h17H,5-15H2,1-4H3. The van der Waals surface area contributed by atoms with Crippen molar-refractivity contribution < 1.29 is 4.74 Å². The Bertz CT molecular complexity index is 121. The summed E-state index contributed by atoms with van der Waals surface area (Å²) in [6.45, 7) is 7.99. The first-order valence-electron chi connectivity index (χ1n) is 7.73. The van der Waals surface area contributed by atoms with E-state index in [9.17, 15) is 0 Å². The SMILES string of the molecule is CCCC[PH](CCCC)(CCCC)CCOC. The van der Waals surface area contributed by atoms with Gasteiger partial charge in [0.2, 0.25) is 0 Å². The van der Waals surface area contributed by atoms with Crippen LogP contribution in [0.4, 0.5) is 0 Å². The van der Waals surface area contributed by atoms with Crippen molar-refractivity contribution in [2.75, 3.05) is 38.4 Å². The van der Waals surface area contributed by atoms with Gasteiger partial charge in [0.15, 0.2) is 0 Å². The Morgan fingerprint density at radius 1 is 0.706 bits per heavy atom. The van der Waals surface area contributed by atoms with Crippen LogP contribution in [-0.4, -0.2) is 38.4 Å². The maximum atomic E-state index is 5.37.